The summed E-state index contributed by atoms with van der Waals surface area (Å²) in [5.74, 6) is -0.191. The molecule has 0 saturated heterocycles. The Hall–Kier alpha value is -2.82. The fraction of sp³-hybridized carbons (Fsp3) is 0.263. The molecule has 0 spiro atoms. The Kier molecular flexibility index (Phi) is 5.95. The predicted molar refractivity (Wildman–Crippen MR) is 96.6 cm³/mol. The smallest absolute Gasteiger partial charge is 0.251 e. The molecule has 2 aromatic carbocycles. The van der Waals surface area contributed by atoms with Crippen molar-refractivity contribution in [3.8, 4) is 0 Å². The third kappa shape index (κ3) is 4.84. The van der Waals surface area contributed by atoms with Gasteiger partial charge in [0.15, 0.2) is 0 Å². The van der Waals surface area contributed by atoms with E-state index in [0.717, 1.165) is 17.7 Å². The van der Waals surface area contributed by atoms with Crippen LogP contribution in [0.15, 0.2) is 48.5 Å². The standard InChI is InChI=1S/C19H23N3O2/c1-3-13(2)18(23)22-17-6-4-5-14(11-17)12-21-19(24)15-7-9-16(20)10-8-15/h4-11,13H,3,12,20H2,1-2H3,(H,21,24)(H,22,23). The van der Waals surface area contributed by atoms with E-state index in [9.17, 15) is 9.59 Å². The maximum absolute atomic E-state index is 12.1. The summed E-state index contributed by atoms with van der Waals surface area (Å²) in [5, 5.41) is 5.75. The van der Waals surface area contributed by atoms with Gasteiger partial charge in [-0.1, -0.05) is 26.0 Å². The quantitative estimate of drug-likeness (QED) is 0.713. The molecule has 0 aromatic heterocycles. The van der Waals surface area contributed by atoms with Crippen LogP contribution in [0.1, 0.15) is 36.2 Å². The molecule has 126 valence electrons. The third-order valence-electron chi connectivity index (χ3n) is 3.88. The van der Waals surface area contributed by atoms with Gasteiger partial charge in [-0.05, 0) is 48.4 Å². The molecule has 24 heavy (non-hydrogen) atoms. The van der Waals surface area contributed by atoms with Crippen LogP contribution in [0.25, 0.3) is 0 Å². The molecule has 2 rings (SSSR count). The predicted octanol–water partition coefficient (Wildman–Crippen LogP) is 3.18. The zero-order valence-electron chi connectivity index (χ0n) is 14.0. The van der Waals surface area contributed by atoms with Crippen LogP contribution in [0.4, 0.5) is 11.4 Å². The summed E-state index contributed by atoms with van der Waals surface area (Å²) in [6.07, 6.45) is 0.795. The number of carbonyl (C=O) groups is 2. The van der Waals surface area contributed by atoms with E-state index >= 15 is 0 Å². The molecule has 0 aliphatic carbocycles. The molecule has 0 aliphatic rings. The summed E-state index contributed by atoms with van der Waals surface area (Å²) in [7, 11) is 0. The van der Waals surface area contributed by atoms with Crippen molar-refractivity contribution < 1.29 is 9.59 Å². The van der Waals surface area contributed by atoms with Crippen molar-refractivity contribution in [3.05, 3.63) is 59.7 Å². The van der Waals surface area contributed by atoms with E-state index in [1.165, 1.54) is 0 Å². The van der Waals surface area contributed by atoms with Crippen LogP contribution >= 0.6 is 0 Å². The van der Waals surface area contributed by atoms with Gasteiger partial charge in [0, 0.05) is 29.4 Å². The van der Waals surface area contributed by atoms with Gasteiger partial charge in [-0.25, -0.2) is 0 Å². The number of nitrogen functional groups attached to an aromatic ring is 1. The van der Waals surface area contributed by atoms with E-state index in [4.69, 9.17) is 5.73 Å². The summed E-state index contributed by atoms with van der Waals surface area (Å²) in [6.45, 7) is 4.26. The number of carbonyl (C=O) groups excluding carboxylic acids is 2. The third-order valence-corrected chi connectivity index (χ3v) is 3.88. The first-order chi connectivity index (χ1) is 11.5. The topological polar surface area (TPSA) is 84.2 Å². The molecule has 5 nitrogen and oxygen atoms in total. The fourth-order valence-electron chi connectivity index (χ4n) is 2.13. The molecule has 0 radical (unpaired) electrons. The molecule has 0 fully saturated rings. The first kappa shape index (κ1) is 17.5. The Bertz CT molecular complexity index is 711. The molecule has 1 atom stereocenters. The number of amides is 2. The average Bonchev–Trinajstić information content (AvgIpc) is 2.59. The lowest BCUT2D eigenvalue weighted by molar-refractivity contribution is -0.119. The lowest BCUT2D eigenvalue weighted by atomic mass is 10.1. The first-order valence-electron chi connectivity index (χ1n) is 8.03. The van der Waals surface area contributed by atoms with Crippen molar-refractivity contribution in [1.82, 2.24) is 5.32 Å². The van der Waals surface area contributed by atoms with E-state index in [2.05, 4.69) is 10.6 Å². The molecule has 0 heterocycles. The zero-order valence-corrected chi connectivity index (χ0v) is 14.0. The van der Waals surface area contributed by atoms with E-state index in [1.807, 2.05) is 38.1 Å². The number of nitrogens with two attached hydrogens (primary N) is 1. The SMILES string of the molecule is CCC(C)C(=O)Nc1cccc(CNC(=O)c2ccc(N)cc2)c1. The number of nitrogens with one attached hydrogen (secondary N) is 2. The molecule has 2 amide bonds. The Morgan fingerprint density at radius 3 is 2.50 bits per heavy atom. The maximum atomic E-state index is 12.1. The van der Waals surface area contributed by atoms with Gasteiger partial charge in [0.25, 0.3) is 5.91 Å². The molecular weight excluding hydrogens is 302 g/mol. The van der Waals surface area contributed by atoms with Crippen LogP contribution in [0.3, 0.4) is 0 Å². The van der Waals surface area contributed by atoms with Gasteiger partial charge < -0.3 is 16.4 Å². The van der Waals surface area contributed by atoms with E-state index in [0.29, 0.717) is 17.8 Å². The number of anilines is 2. The van der Waals surface area contributed by atoms with Gasteiger partial charge in [-0.2, -0.15) is 0 Å². The summed E-state index contributed by atoms with van der Waals surface area (Å²) in [5.41, 5.74) is 8.45. The van der Waals surface area contributed by atoms with Crippen molar-refractivity contribution >= 4 is 23.2 Å². The monoisotopic (exact) mass is 325 g/mol. The minimum Gasteiger partial charge on any atom is -0.399 e. The lowest BCUT2D eigenvalue weighted by Crippen LogP contribution is -2.23. The largest absolute Gasteiger partial charge is 0.399 e. The normalized spacial score (nSPS) is 11.6. The highest BCUT2D eigenvalue weighted by molar-refractivity contribution is 5.94. The van der Waals surface area contributed by atoms with Crippen molar-refractivity contribution in [3.63, 3.8) is 0 Å². The summed E-state index contributed by atoms with van der Waals surface area (Å²) in [6, 6.07) is 14.2. The Morgan fingerprint density at radius 1 is 1.12 bits per heavy atom. The van der Waals surface area contributed by atoms with Crippen molar-refractivity contribution in [1.29, 1.82) is 0 Å². The number of rotatable bonds is 6. The molecule has 2 aromatic rings. The molecule has 4 N–H and O–H groups in total. The van der Waals surface area contributed by atoms with Crippen molar-refractivity contribution in [2.45, 2.75) is 26.8 Å². The van der Waals surface area contributed by atoms with Gasteiger partial charge in [0.05, 0.1) is 0 Å². The van der Waals surface area contributed by atoms with Crippen LogP contribution in [0.5, 0.6) is 0 Å². The molecular formula is C19H23N3O2. The van der Waals surface area contributed by atoms with Gasteiger partial charge in [0.1, 0.15) is 0 Å². The summed E-state index contributed by atoms with van der Waals surface area (Å²) in [4.78, 5) is 24.0. The second kappa shape index (κ2) is 8.15. The van der Waals surface area contributed by atoms with Crippen LogP contribution in [-0.4, -0.2) is 11.8 Å². The number of hydrogen-bond acceptors (Lipinski definition) is 3. The second-order valence-corrected chi connectivity index (χ2v) is 5.80. The summed E-state index contributed by atoms with van der Waals surface area (Å²) < 4.78 is 0. The summed E-state index contributed by atoms with van der Waals surface area (Å²) >= 11 is 0. The Labute approximate surface area is 142 Å². The van der Waals surface area contributed by atoms with Gasteiger partial charge in [-0.15, -0.1) is 0 Å². The highest BCUT2D eigenvalue weighted by atomic mass is 16.2. The average molecular weight is 325 g/mol. The van der Waals surface area contributed by atoms with Gasteiger partial charge in [-0.3, -0.25) is 9.59 Å². The highest BCUT2D eigenvalue weighted by Crippen LogP contribution is 2.13. The van der Waals surface area contributed by atoms with Crippen LogP contribution < -0.4 is 16.4 Å². The lowest BCUT2D eigenvalue weighted by Gasteiger charge is -2.11. The van der Waals surface area contributed by atoms with Crippen LogP contribution in [0.2, 0.25) is 0 Å². The van der Waals surface area contributed by atoms with Crippen LogP contribution in [0, 0.1) is 5.92 Å². The van der Waals surface area contributed by atoms with E-state index < -0.39 is 0 Å². The van der Waals surface area contributed by atoms with Crippen molar-refractivity contribution in [2.75, 3.05) is 11.1 Å². The van der Waals surface area contributed by atoms with E-state index in [-0.39, 0.29) is 17.7 Å². The van der Waals surface area contributed by atoms with Gasteiger partial charge in [0.2, 0.25) is 5.91 Å². The molecule has 5 heteroatoms. The van der Waals surface area contributed by atoms with Crippen molar-refractivity contribution in [2.24, 2.45) is 5.92 Å². The molecule has 0 saturated carbocycles. The minimum atomic E-state index is -0.163. The number of benzene rings is 2. The fourth-order valence-corrected chi connectivity index (χ4v) is 2.13. The Morgan fingerprint density at radius 2 is 1.83 bits per heavy atom. The highest BCUT2D eigenvalue weighted by Gasteiger charge is 2.11. The van der Waals surface area contributed by atoms with Gasteiger partial charge >= 0.3 is 0 Å². The zero-order chi connectivity index (χ0) is 17.5. The van der Waals surface area contributed by atoms with E-state index in [1.54, 1.807) is 24.3 Å². The molecule has 1 unspecified atom stereocenters. The molecule has 0 aliphatic heterocycles. The second-order valence-electron chi connectivity index (χ2n) is 5.80. The number of hydrogen-bond donors (Lipinski definition) is 3. The molecule has 0 bridgehead atoms. The first-order valence-corrected chi connectivity index (χ1v) is 8.03. The maximum Gasteiger partial charge on any atom is 0.251 e. The minimum absolute atomic E-state index is 0.000518. The van der Waals surface area contributed by atoms with Crippen LogP contribution in [-0.2, 0) is 11.3 Å². The Balaban J connectivity index is 1.95.